The van der Waals surface area contributed by atoms with Gasteiger partial charge in [-0.1, -0.05) is 153 Å². The fourth-order valence-electron chi connectivity index (χ4n) is 21.8. The van der Waals surface area contributed by atoms with Crippen LogP contribution in [0.2, 0.25) is 0 Å². The lowest BCUT2D eigenvalue weighted by Crippen LogP contribution is -2.71. The normalized spacial score (nSPS) is 38.3. The zero-order valence-corrected chi connectivity index (χ0v) is 51.7. The second kappa shape index (κ2) is 19.2. The van der Waals surface area contributed by atoms with Crippen molar-refractivity contribution in [2.24, 2.45) is 115 Å². The van der Waals surface area contributed by atoms with E-state index in [1.165, 1.54) is 43.5 Å². The molecule has 0 aromatic heterocycles. The van der Waals surface area contributed by atoms with Crippen LogP contribution in [0.5, 0.6) is 0 Å². The fraction of sp³-hybridized carbons (Fsp3) is 0.806. The van der Waals surface area contributed by atoms with Crippen molar-refractivity contribution >= 4 is 11.9 Å². The number of amides is 1. The van der Waals surface area contributed by atoms with Crippen molar-refractivity contribution in [1.29, 1.82) is 0 Å². The molecule has 14 atom stereocenters. The number of hydrogen-bond acceptors (Lipinski definition) is 4. The van der Waals surface area contributed by atoms with Gasteiger partial charge >= 0.3 is 5.97 Å². The number of fused-ring (bicyclic) bond motifs is 6. The molecule has 6 heteroatoms. The maximum absolute atomic E-state index is 17.6. The Balaban J connectivity index is 1.06. The molecule has 18 aliphatic carbocycles. The standard InChI is InChI=1S/C72H109N3O3/c1-44(63(76)77)75(73)64(78)72(35-29-48-17-23-54-41-60(48)68(54,8)9,74(36-30-49-18-24-55-42-61(49)69(55,10)11)37-31-50-19-25-56-43-62(50)70(56,12)13)71(32-26-45-14-20-51-38-57(45)65(51,2)3,33-27-46-15-21-52-39-58(46)66(52,4)5)34-28-47-16-22-53-40-59(47)67(53,6)7/h14-19,44,51-62H,20-43,73H2,1-13H3,(H,76,77)/t44-,51?,52?,53?,54?,55?,56?,57?,58?,59?,60?,61-,62?,71?,72+/m1/s1. The summed E-state index contributed by atoms with van der Waals surface area (Å²) in [6.07, 6.45) is 39.7. The Morgan fingerprint density at radius 1 is 0.462 bits per heavy atom. The highest BCUT2D eigenvalue weighted by Crippen LogP contribution is 2.68. The SMILES string of the molecule is C[C@H](C(=O)O)N(N)C(=O)[C@](CCC1=CCC2CC1C2(C)C)(N(CCC1=CCC2CC1C2(C)C)CCC1=CCC2C[C@H]1C2(C)C)C(CCC1=CCC2CC1C2(C)C)(CCC1=CCC2CC1C2(C)C)CCC1=CCC2CC1C2(C)C. The molecular weight excluding hydrogens is 955 g/mol. The van der Waals surface area contributed by atoms with Gasteiger partial charge in [0.05, 0.1) is 0 Å². The van der Waals surface area contributed by atoms with Crippen LogP contribution in [-0.2, 0) is 9.59 Å². The Morgan fingerprint density at radius 2 is 0.705 bits per heavy atom. The molecule has 0 aromatic rings. The molecule has 6 nitrogen and oxygen atoms in total. The lowest BCUT2D eigenvalue weighted by molar-refractivity contribution is -0.169. The van der Waals surface area contributed by atoms with Crippen LogP contribution in [0.1, 0.15) is 231 Å². The number of carboxylic acids is 1. The van der Waals surface area contributed by atoms with Crippen molar-refractivity contribution < 1.29 is 14.7 Å². The highest BCUT2D eigenvalue weighted by atomic mass is 16.4. The maximum atomic E-state index is 17.6. The third-order valence-electron chi connectivity index (χ3n) is 29.1. The summed E-state index contributed by atoms with van der Waals surface area (Å²) in [4.78, 5) is 34.0. The smallest absolute Gasteiger partial charge is 0.327 e. The molecule has 3 N–H and O–H groups in total. The van der Waals surface area contributed by atoms with Gasteiger partial charge in [0.25, 0.3) is 5.91 Å². The van der Waals surface area contributed by atoms with Crippen LogP contribution in [0.4, 0.5) is 0 Å². The van der Waals surface area contributed by atoms with Gasteiger partial charge in [-0.2, -0.15) is 0 Å². The molecule has 18 rings (SSSR count). The first-order chi connectivity index (χ1) is 36.7. The van der Waals surface area contributed by atoms with Crippen LogP contribution < -0.4 is 5.84 Å². The number of aliphatic carboxylic acids is 1. The van der Waals surface area contributed by atoms with Crippen LogP contribution in [0.3, 0.4) is 0 Å². The molecule has 1 amide bonds. The molecule has 0 aromatic carbocycles. The van der Waals surface area contributed by atoms with E-state index in [0.29, 0.717) is 69.0 Å². The Bertz CT molecular complexity index is 2440. The second-order valence-electron chi connectivity index (χ2n) is 33.3. The predicted molar refractivity (Wildman–Crippen MR) is 320 cm³/mol. The number of allylic oxidation sites excluding steroid dienone is 10. The number of carbonyl (C=O) groups excluding carboxylic acids is 1. The van der Waals surface area contributed by atoms with Crippen molar-refractivity contribution in [1.82, 2.24) is 9.91 Å². The van der Waals surface area contributed by atoms with Gasteiger partial charge in [0.2, 0.25) is 0 Å². The van der Waals surface area contributed by atoms with Crippen LogP contribution in [0.15, 0.2) is 69.9 Å². The maximum Gasteiger partial charge on any atom is 0.327 e. The average molecular weight is 1060 g/mol. The van der Waals surface area contributed by atoms with Crippen molar-refractivity contribution in [2.75, 3.05) is 13.1 Å². The fourth-order valence-corrected chi connectivity index (χ4v) is 21.8. The van der Waals surface area contributed by atoms with E-state index < -0.39 is 23.0 Å². The molecule has 0 radical (unpaired) electrons. The Morgan fingerprint density at radius 3 is 0.936 bits per heavy atom. The molecule has 0 aliphatic heterocycles. The summed E-state index contributed by atoms with van der Waals surface area (Å²) >= 11 is 0. The largest absolute Gasteiger partial charge is 0.480 e. The van der Waals surface area contributed by atoms with Crippen molar-refractivity contribution in [3.8, 4) is 0 Å². The summed E-state index contributed by atoms with van der Waals surface area (Å²) in [5.74, 6) is 14.3. The summed E-state index contributed by atoms with van der Waals surface area (Å²) in [6.45, 7) is 33.6. The van der Waals surface area contributed by atoms with Crippen LogP contribution in [0.25, 0.3) is 0 Å². The molecule has 0 saturated heterocycles. The predicted octanol–water partition coefficient (Wildman–Crippen LogP) is 17.0. The number of hydrazine groups is 1. The average Bonchev–Trinajstić information content (AvgIpc) is 3.63. The third kappa shape index (κ3) is 8.34. The molecule has 12 bridgehead atoms. The van der Waals surface area contributed by atoms with Crippen LogP contribution >= 0.6 is 0 Å². The van der Waals surface area contributed by atoms with Gasteiger partial charge in [0.1, 0.15) is 11.6 Å². The van der Waals surface area contributed by atoms with E-state index in [0.717, 1.165) is 145 Å². The van der Waals surface area contributed by atoms with Crippen LogP contribution in [-0.4, -0.2) is 51.6 Å². The van der Waals surface area contributed by atoms with Gasteiger partial charge in [-0.3, -0.25) is 14.7 Å². The number of nitrogens with zero attached hydrogens (tertiary/aromatic N) is 2. The van der Waals surface area contributed by atoms with Crippen molar-refractivity contribution in [3.63, 3.8) is 0 Å². The van der Waals surface area contributed by atoms with E-state index in [2.05, 4.69) is 124 Å². The van der Waals surface area contributed by atoms with E-state index in [-0.39, 0.29) is 11.3 Å². The summed E-state index contributed by atoms with van der Waals surface area (Å²) in [5.41, 5.74) is 9.83. The lowest BCUT2D eigenvalue weighted by atomic mass is 9.46. The summed E-state index contributed by atoms with van der Waals surface area (Å²) in [7, 11) is 0. The quantitative estimate of drug-likeness (QED) is 0.0461. The molecule has 430 valence electrons. The van der Waals surface area contributed by atoms with Gasteiger partial charge in [-0.05, 0) is 257 Å². The van der Waals surface area contributed by atoms with Crippen molar-refractivity contribution in [3.05, 3.63) is 69.9 Å². The first-order valence-corrected chi connectivity index (χ1v) is 32.9. The molecule has 78 heavy (non-hydrogen) atoms. The third-order valence-corrected chi connectivity index (χ3v) is 29.1. The Hall–Kier alpha value is -2.70. The van der Waals surface area contributed by atoms with E-state index in [4.69, 9.17) is 5.84 Å². The number of hydrogen-bond donors (Lipinski definition) is 2. The first-order valence-electron chi connectivity index (χ1n) is 32.9. The lowest BCUT2D eigenvalue weighted by Gasteiger charge is -2.61. The molecule has 6 saturated carbocycles. The second-order valence-corrected chi connectivity index (χ2v) is 33.3. The monoisotopic (exact) mass is 1060 g/mol. The molecule has 11 unspecified atom stereocenters. The van der Waals surface area contributed by atoms with Gasteiger partial charge in [0, 0.05) is 13.1 Å². The highest BCUT2D eigenvalue weighted by molar-refractivity contribution is 5.90. The minimum atomic E-state index is -1.16. The summed E-state index contributed by atoms with van der Waals surface area (Å²) < 4.78 is 0. The molecule has 0 spiro atoms. The number of rotatable bonds is 23. The zero-order valence-electron chi connectivity index (χ0n) is 51.7. The van der Waals surface area contributed by atoms with Gasteiger partial charge in [0.15, 0.2) is 0 Å². The zero-order chi connectivity index (χ0) is 55.5. The van der Waals surface area contributed by atoms with Gasteiger partial charge < -0.3 is 5.11 Å². The molecule has 6 fully saturated rings. The molecule has 0 heterocycles. The van der Waals surface area contributed by atoms with Gasteiger partial charge in [-0.15, -0.1) is 0 Å². The Labute approximate surface area is 474 Å². The summed E-state index contributed by atoms with van der Waals surface area (Å²) in [6, 6.07) is -1.16. The Kier molecular flexibility index (Phi) is 13.7. The molecular formula is C72H109N3O3. The minimum absolute atomic E-state index is 0.104. The highest BCUT2D eigenvalue weighted by Gasteiger charge is 2.64. The summed E-state index contributed by atoms with van der Waals surface area (Å²) in [5, 5.41) is 12.4. The van der Waals surface area contributed by atoms with Crippen LogP contribution in [0, 0.1) is 109 Å². The topological polar surface area (TPSA) is 86.9 Å². The first kappa shape index (κ1) is 55.8. The van der Waals surface area contributed by atoms with E-state index in [9.17, 15) is 9.90 Å². The minimum Gasteiger partial charge on any atom is -0.480 e. The van der Waals surface area contributed by atoms with E-state index >= 15 is 4.79 Å². The van der Waals surface area contributed by atoms with Gasteiger partial charge in [-0.25, -0.2) is 10.6 Å². The number of carboxylic acid groups (broad SMARTS) is 1. The van der Waals surface area contributed by atoms with Crippen molar-refractivity contribution in [2.45, 2.75) is 243 Å². The number of carbonyl (C=O) groups is 2. The van der Waals surface area contributed by atoms with E-state index in [1.807, 2.05) is 0 Å². The number of nitrogens with two attached hydrogens (primary N) is 1. The molecule has 18 aliphatic rings. The van der Waals surface area contributed by atoms with E-state index in [1.54, 1.807) is 40.4 Å².